The highest BCUT2D eigenvalue weighted by Gasteiger charge is 2.21. The Hall–Kier alpha value is -0.270. The summed E-state index contributed by atoms with van der Waals surface area (Å²) >= 11 is 12.1. The number of halogens is 3. The van der Waals surface area contributed by atoms with E-state index in [1.807, 2.05) is 0 Å². The Bertz CT molecular complexity index is 369. The third kappa shape index (κ3) is 4.85. The van der Waals surface area contributed by atoms with E-state index in [-0.39, 0.29) is 16.6 Å². The van der Waals surface area contributed by atoms with E-state index in [2.05, 4.69) is 20.8 Å². The van der Waals surface area contributed by atoms with Crippen LogP contribution in [-0.2, 0) is 6.42 Å². The van der Waals surface area contributed by atoms with Crippen molar-refractivity contribution in [3.63, 3.8) is 0 Å². The molecule has 0 amide bonds. The molecule has 1 unspecified atom stereocenters. The van der Waals surface area contributed by atoms with Gasteiger partial charge in [0.1, 0.15) is 5.82 Å². The van der Waals surface area contributed by atoms with Gasteiger partial charge in [0.15, 0.2) is 0 Å². The summed E-state index contributed by atoms with van der Waals surface area (Å²) in [5, 5.41) is 0.699. The second-order valence-electron chi connectivity index (χ2n) is 5.46. The second-order valence-corrected chi connectivity index (χ2v) is 6.42. The molecule has 1 aromatic carbocycles. The Morgan fingerprint density at radius 2 is 1.94 bits per heavy atom. The Balaban J connectivity index is 2.49. The molecule has 0 N–H and O–H groups in total. The predicted octanol–water partition coefficient (Wildman–Crippen LogP) is 5.46. The highest BCUT2D eigenvalue weighted by Crippen LogP contribution is 2.28. The van der Waals surface area contributed by atoms with Crippen molar-refractivity contribution in [2.45, 2.75) is 45.4 Å². The van der Waals surface area contributed by atoms with E-state index < -0.39 is 0 Å². The van der Waals surface area contributed by atoms with Crippen molar-refractivity contribution in [3.05, 3.63) is 34.6 Å². The third-order valence-corrected chi connectivity index (χ3v) is 3.96. The second kappa shape index (κ2) is 6.06. The van der Waals surface area contributed by atoms with Crippen molar-refractivity contribution in [1.29, 1.82) is 0 Å². The third-order valence-electron chi connectivity index (χ3n) is 2.85. The minimum Gasteiger partial charge on any atom is -0.207 e. The number of aryl methyl sites for hydroxylation is 1. The topological polar surface area (TPSA) is 0 Å². The van der Waals surface area contributed by atoms with Crippen LogP contribution in [-0.4, -0.2) is 5.38 Å². The van der Waals surface area contributed by atoms with Gasteiger partial charge in [-0.3, -0.25) is 0 Å². The maximum absolute atomic E-state index is 13.4. The first kappa shape index (κ1) is 14.8. The number of hydrogen-bond acceptors (Lipinski definition) is 0. The average Bonchev–Trinajstić information content (AvgIpc) is 2.21. The maximum Gasteiger partial charge on any atom is 0.126 e. The van der Waals surface area contributed by atoms with Gasteiger partial charge < -0.3 is 0 Å². The monoisotopic (exact) mass is 276 g/mol. The molecule has 96 valence electrons. The number of rotatable bonds is 4. The Morgan fingerprint density at radius 1 is 1.29 bits per heavy atom. The molecule has 0 radical (unpaired) electrons. The van der Waals surface area contributed by atoms with Crippen molar-refractivity contribution in [2.24, 2.45) is 5.41 Å². The zero-order valence-corrected chi connectivity index (χ0v) is 12.1. The predicted molar refractivity (Wildman–Crippen MR) is 73.4 cm³/mol. The van der Waals surface area contributed by atoms with E-state index in [1.54, 1.807) is 12.1 Å². The van der Waals surface area contributed by atoms with Crippen LogP contribution < -0.4 is 0 Å². The number of benzene rings is 1. The van der Waals surface area contributed by atoms with Crippen molar-refractivity contribution in [2.75, 3.05) is 0 Å². The van der Waals surface area contributed by atoms with E-state index in [9.17, 15) is 4.39 Å². The van der Waals surface area contributed by atoms with Crippen LogP contribution in [0, 0.1) is 11.2 Å². The van der Waals surface area contributed by atoms with Gasteiger partial charge in [0.05, 0.1) is 0 Å². The Kier molecular flexibility index (Phi) is 5.27. The molecule has 0 spiro atoms. The normalized spacial score (nSPS) is 13.8. The maximum atomic E-state index is 13.4. The summed E-state index contributed by atoms with van der Waals surface area (Å²) in [6.07, 6.45) is 2.45. The molecule has 0 bridgehead atoms. The lowest BCUT2D eigenvalue weighted by Crippen LogP contribution is -2.20. The molecule has 1 atom stereocenters. The van der Waals surface area contributed by atoms with Crippen LogP contribution in [0.4, 0.5) is 4.39 Å². The van der Waals surface area contributed by atoms with Gasteiger partial charge in [-0.15, -0.1) is 11.6 Å². The molecular weight excluding hydrogens is 258 g/mol. The first-order chi connectivity index (χ1) is 7.80. The van der Waals surface area contributed by atoms with Gasteiger partial charge >= 0.3 is 0 Å². The zero-order chi connectivity index (χ0) is 13.1. The smallest absolute Gasteiger partial charge is 0.126 e. The van der Waals surface area contributed by atoms with Crippen LogP contribution >= 0.6 is 23.2 Å². The van der Waals surface area contributed by atoms with E-state index in [4.69, 9.17) is 23.2 Å². The molecule has 1 aromatic rings. The highest BCUT2D eigenvalue weighted by molar-refractivity contribution is 6.30. The molecule has 0 saturated heterocycles. The fourth-order valence-electron chi connectivity index (χ4n) is 1.64. The lowest BCUT2D eigenvalue weighted by atomic mass is 9.88. The van der Waals surface area contributed by atoms with Crippen molar-refractivity contribution < 1.29 is 4.39 Å². The summed E-state index contributed by atoms with van der Waals surface area (Å²) in [7, 11) is 0. The molecular formula is C14H19Cl2F. The summed E-state index contributed by atoms with van der Waals surface area (Å²) < 4.78 is 13.4. The summed E-state index contributed by atoms with van der Waals surface area (Å²) in [4.78, 5) is 0. The van der Waals surface area contributed by atoms with Gasteiger partial charge in [0.2, 0.25) is 0 Å². The molecule has 17 heavy (non-hydrogen) atoms. The van der Waals surface area contributed by atoms with Gasteiger partial charge in [-0.2, -0.15) is 0 Å². The summed E-state index contributed by atoms with van der Waals surface area (Å²) in [5.74, 6) is -0.184. The standard InChI is InChI=1S/C14H19Cl2F/c1-14(2,3)13(16)6-4-5-10-9-11(15)7-8-12(10)17/h7-9,13H,4-6H2,1-3H3. The summed E-state index contributed by atoms with van der Waals surface area (Å²) in [5.41, 5.74) is 0.768. The van der Waals surface area contributed by atoms with Gasteiger partial charge in [-0.05, 0) is 48.4 Å². The lowest BCUT2D eigenvalue weighted by molar-refractivity contribution is 0.368. The minimum atomic E-state index is -0.184. The van der Waals surface area contributed by atoms with E-state index in [0.717, 1.165) is 12.8 Å². The molecule has 0 heterocycles. The molecule has 0 aromatic heterocycles. The van der Waals surface area contributed by atoms with Crippen LogP contribution in [0.2, 0.25) is 5.02 Å². The average molecular weight is 277 g/mol. The quantitative estimate of drug-likeness (QED) is 0.641. The largest absolute Gasteiger partial charge is 0.207 e. The lowest BCUT2D eigenvalue weighted by Gasteiger charge is -2.25. The Morgan fingerprint density at radius 3 is 2.53 bits per heavy atom. The molecule has 0 fully saturated rings. The molecule has 1 rings (SSSR count). The van der Waals surface area contributed by atoms with Crippen LogP contribution in [0.5, 0.6) is 0 Å². The fraction of sp³-hybridized carbons (Fsp3) is 0.571. The van der Waals surface area contributed by atoms with Crippen LogP contribution in [0.15, 0.2) is 18.2 Å². The van der Waals surface area contributed by atoms with Crippen molar-refractivity contribution in [1.82, 2.24) is 0 Å². The van der Waals surface area contributed by atoms with Crippen molar-refractivity contribution in [3.8, 4) is 0 Å². The van der Waals surface area contributed by atoms with Crippen LogP contribution in [0.25, 0.3) is 0 Å². The van der Waals surface area contributed by atoms with Crippen LogP contribution in [0.3, 0.4) is 0 Å². The molecule has 0 aliphatic heterocycles. The number of hydrogen-bond donors (Lipinski definition) is 0. The van der Waals surface area contributed by atoms with Gasteiger partial charge in [-0.25, -0.2) is 4.39 Å². The van der Waals surface area contributed by atoms with Gasteiger partial charge in [0, 0.05) is 10.4 Å². The molecule has 0 saturated carbocycles. The van der Waals surface area contributed by atoms with E-state index >= 15 is 0 Å². The van der Waals surface area contributed by atoms with E-state index in [1.165, 1.54) is 6.07 Å². The van der Waals surface area contributed by atoms with Gasteiger partial charge in [0.25, 0.3) is 0 Å². The fourth-order valence-corrected chi connectivity index (χ4v) is 1.99. The van der Waals surface area contributed by atoms with Crippen molar-refractivity contribution >= 4 is 23.2 Å². The molecule has 3 heteroatoms. The molecule has 0 aliphatic rings. The first-order valence-corrected chi connectivity index (χ1v) is 6.70. The molecule has 0 aliphatic carbocycles. The minimum absolute atomic E-state index is 0.0917. The zero-order valence-electron chi connectivity index (χ0n) is 10.6. The van der Waals surface area contributed by atoms with Crippen LogP contribution in [0.1, 0.15) is 39.2 Å². The van der Waals surface area contributed by atoms with Gasteiger partial charge in [-0.1, -0.05) is 32.4 Å². The summed E-state index contributed by atoms with van der Waals surface area (Å²) in [6, 6.07) is 4.68. The Labute approximate surface area is 113 Å². The molecule has 0 nitrogen and oxygen atoms in total. The first-order valence-electron chi connectivity index (χ1n) is 5.88. The number of alkyl halides is 1. The summed E-state index contributed by atoms with van der Waals surface area (Å²) in [6.45, 7) is 6.35. The van der Waals surface area contributed by atoms with E-state index in [0.29, 0.717) is 17.0 Å². The highest BCUT2D eigenvalue weighted by atomic mass is 35.5. The SMILES string of the molecule is CC(C)(C)C(Cl)CCCc1cc(Cl)ccc1F.